The third kappa shape index (κ3) is 6.28. The van der Waals surface area contributed by atoms with Crippen LogP contribution >= 0.6 is 0 Å². The monoisotopic (exact) mass is 161 g/mol. The van der Waals surface area contributed by atoms with E-state index in [4.69, 9.17) is 15.6 Å². The lowest BCUT2D eigenvalue weighted by Crippen LogP contribution is -2.39. The number of hydrogen-bond donors (Lipinski definition) is 2. The van der Waals surface area contributed by atoms with Crippen LogP contribution in [0.5, 0.6) is 0 Å². The van der Waals surface area contributed by atoms with Crippen LogP contribution in [0.4, 0.5) is 0 Å². The topological polar surface area (TPSA) is 55.5 Å². The van der Waals surface area contributed by atoms with Crippen molar-refractivity contribution in [2.24, 2.45) is 5.73 Å². The zero-order valence-electron chi connectivity index (χ0n) is 7.47. The predicted octanol–water partition coefficient (Wildman–Crippen LogP) is 0.513. The molecule has 0 heterocycles. The van der Waals surface area contributed by atoms with Gasteiger partial charge in [0.25, 0.3) is 0 Å². The number of aliphatic hydroxyl groups is 1. The highest BCUT2D eigenvalue weighted by Crippen LogP contribution is 2.09. The average molecular weight is 161 g/mol. The summed E-state index contributed by atoms with van der Waals surface area (Å²) in [5.41, 5.74) is 5.30. The second-order valence-corrected chi connectivity index (χ2v) is 3.26. The first kappa shape index (κ1) is 10.9. The van der Waals surface area contributed by atoms with Crippen LogP contribution in [0, 0.1) is 0 Å². The molecule has 0 aliphatic heterocycles. The molecule has 1 unspecified atom stereocenters. The summed E-state index contributed by atoms with van der Waals surface area (Å²) < 4.78 is 4.89. The molecule has 3 heteroatoms. The quantitative estimate of drug-likeness (QED) is 0.558. The molecule has 3 N–H and O–H groups in total. The van der Waals surface area contributed by atoms with E-state index in [1.54, 1.807) is 7.11 Å². The first-order valence-corrected chi connectivity index (χ1v) is 4.01. The number of methoxy groups -OCH3 is 1. The van der Waals surface area contributed by atoms with Crippen molar-refractivity contribution in [1.82, 2.24) is 0 Å². The first-order chi connectivity index (χ1) is 5.12. The molecule has 0 fully saturated rings. The molecule has 0 bridgehead atoms. The summed E-state index contributed by atoms with van der Waals surface area (Å²) in [7, 11) is 1.69. The van der Waals surface area contributed by atoms with Gasteiger partial charge in [-0.05, 0) is 26.2 Å². The van der Waals surface area contributed by atoms with Gasteiger partial charge in [-0.3, -0.25) is 0 Å². The van der Waals surface area contributed by atoms with Gasteiger partial charge in [-0.2, -0.15) is 0 Å². The summed E-state index contributed by atoms with van der Waals surface area (Å²) >= 11 is 0. The van der Waals surface area contributed by atoms with Gasteiger partial charge in [0, 0.05) is 19.3 Å². The van der Waals surface area contributed by atoms with Crippen molar-refractivity contribution in [3.63, 3.8) is 0 Å². The SMILES string of the molecule is COCCCCC(C)(N)CO. The Bertz CT molecular complexity index is 94.1. The minimum Gasteiger partial charge on any atom is -0.394 e. The van der Waals surface area contributed by atoms with E-state index in [9.17, 15) is 0 Å². The summed E-state index contributed by atoms with van der Waals surface area (Å²) in [6.07, 6.45) is 2.89. The zero-order chi connectivity index (χ0) is 8.74. The van der Waals surface area contributed by atoms with Gasteiger partial charge in [-0.25, -0.2) is 0 Å². The van der Waals surface area contributed by atoms with Gasteiger partial charge in [-0.1, -0.05) is 0 Å². The molecule has 0 amide bonds. The Kier molecular flexibility index (Phi) is 5.46. The normalized spacial score (nSPS) is 16.4. The van der Waals surface area contributed by atoms with E-state index in [2.05, 4.69) is 0 Å². The fourth-order valence-electron chi connectivity index (χ4n) is 0.854. The summed E-state index contributed by atoms with van der Waals surface area (Å²) in [5, 5.41) is 8.79. The fourth-order valence-corrected chi connectivity index (χ4v) is 0.854. The molecule has 0 aliphatic carbocycles. The van der Waals surface area contributed by atoms with Crippen LogP contribution in [0.25, 0.3) is 0 Å². The van der Waals surface area contributed by atoms with Gasteiger partial charge in [-0.15, -0.1) is 0 Å². The van der Waals surface area contributed by atoms with Gasteiger partial charge in [0.2, 0.25) is 0 Å². The van der Waals surface area contributed by atoms with Gasteiger partial charge in [0.1, 0.15) is 0 Å². The van der Waals surface area contributed by atoms with Crippen molar-refractivity contribution in [1.29, 1.82) is 0 Å². The van der Waals surface area contributed by atoms with Crippen LogP contribution in [0.1, 0.15) is 26.2 Å². The molecule has 68 valence electrons. The van der Waals surface area contributed by atoms with E-state index in [0.717, 1.165) is 25.9 Å². The maximum Gasteiger partial charge on any atom is 0.0608 e. The Hall–Kier alpha value is -0.120. The van der Waals surface area contributed by atoms with Crippen LogP contribution in [0.2, 0.25) is 0 Å². The third-order valence-electron chi connectivity index (χ3n) is 1.71. The molecule has 3 nitrogen and oxygen atoms in total. The van der Waals surface area contributed by atoms with E-state index in [1.807, 2.05) is 6.92 Å². The minimum absolute atomic E-state index is 0.0555. The number of rotatable bonds is 6. The largest absolute Gasteiger partial charge is 0.394 e. The number of ether oxygens (including phenoxy) is 1. The Balaban J connectivity index is 3.23. The Morgan fingerprint density at radius 3 is 2.55 bits per heavy atom. The standard InChI is InChI=1S/C8H19NO2/c1-8(9,7-10)5-3-4-6-11-2/h10H,3-7,9H2,1-2H3. The fraction of sp³-hybridized carbons (Fsp3) is 1.00. The molecule has 0 saturated carbocycles. The molecule has 0 radical (unpaired) electrons. The molecule has 0 aromatic rings. The second kappa shape index (κ2) is 5.52. The van der Waals surface area contributed by atoms with Gasteiger partial charge in [0.15, 0.2) is 0 Å². The average Bonchev–Trinajstić information content (AvgIpc) is 1.99. The van der Waals surface area contributed by atoms with Gasteiger partial charge >= 0.3 is 0 Å². The summed E-state index contributed by atoms with van der Waals surface area (Å²) in [4.78, 5) is 0. The van der Waals surface area contributed by atoms with Crippen LogP contribution in [0.15, 0.2) is 0 Å². The second-order valence-electron chi connectivity index (χ2n) is 3.26. The van der Waals surface area contributed by atoms with Crippen LogP contribution in [-0.2, 0) is 4.74 Å². The molecule has 0 saturated heterocycles. The van der Waals surface area contributed by atoms with Crippen molar-refractivity contribution in [3.05, 3.63) is 0 Å². The summed E-state index contributed by atoms with van der Waals surface area (Å²) in [6, 6.07) is 0. The maximum atomic E-state index is 8.79. The zero-order valence-corrected chi connectivity index (χ0v) is 7.47. The molecule has 0 spiro atoms. The van der Waals surface area contributed by atoms with Crippen LogP contribution in [-0.4, -0.2) is 31.0 Å². The number of nitrogens with two attached hydrogens (primary N) is 1. The molecule has 0 aromatic heterocycles. The van der Waals surface area contributed by atoms with E-state index in [1.165, 1.54) is 0 Å². The maximum absolute atomic E-state index is 8.79. The van der Waals surface area contributed by atoms with Gasteiger partial charge < -0.3 is 15.6 Å². The Labute approximate surface area is 68.5 Å². The highest BCUT2D eigenvalue weighted by molar-refractivity contribution is 4.76. The minimum atomic E-state index is -0.409. The molecule has 11 heavy (non-hydrogen) atoms. The number of unbranched alkanes of at least 4 members (excludes halogenated alkanes) is 1. The third-order valence-corrected chi connectivity index (χ3v) is 1.71. The predicted molar refractivity (Wildman–Crippen MR) is 45.4 cm³/mol. The van der Waals surface area contributed by atoms with E-state index < -0.39 is 5.54 Å². The highest BCUT2D eigenvalue weighted by Gasteiger charge is 2.15. The lowest BCUT2D eigenvalue weighted by Gasteiger charge is -2.20. The summed E-state index contributed by atoms with van der Waals surface area (Å²) in [6.45, 7) is 2.70. The number of aliphatic hydroxyl groups excluding tert-OH is 1. The van der Waals surface area contributed by atoms with E-state index >= 15 is 0 Å². The highest BCUT2D eigenvalue weighted by atomic mass is 16.5. The molecule has 0 aliphatic rings. The smallest absolute Gasteiger partial charge is 0.0608 e. The molecule has 0 rings (SSSR count). The van der Waals surface area contributed by atoms with Gasteiger partial charge in [0.05, 0.1) is 6.61 Å². The molecular formula is C8H19NO2. The van der Waals surface area contributed by atoms with E-state index in [0.29, 0.717) is 0 Å². The summed E-state index contributed by atoms with van der Waals surface area (Å²) in [5.74, 6) is 0. The van der Waals surface area contributed by atoms with E-state index in [-0.39, 0.29) is 6.61 Å². The lowest BCUT2D eigenvalue weighted by atomic mass is 9.97. The molecular weight excluding hydrogens is 142 g/mol. The Morgan fingerprint density at radius 2 is 2.09 bits per heavy atom. The molecule has 1 atom stereocenters. The number of hydrogen-bond acceptors (Lipinski definition) is 3. The van der Waals surface area contributed by atoms with Crippen molar-refractivity contribution in [2.75, 3.05) is 20.3 Å². The molecule has 0 aromatic carbocycles. The van der Waals surface area contributed by atoms with Crippen LogP contribution in [0.3, 0.4) is 0 Å². The van der Waals surface area contributed by atoms with Crippen LogP contribution < -0.4 is 5.73 Å². The Morgan fingerprint density at radius 1 is 1.45 bits per heavy atom. The first-order valence-electron chi connectivity index (χ1n) is 4.01. The van der Waals surface area contributed by atoms with Crippen molar-refractivity contribution in [2.45, 2.75) is 31.7 Å². The van der Waals surface area contributed by atoms with Crippen molar-refractivity contribution >= 4 is 0 Å². The lowest BCUT2D eigenvalue weighted by molar-refractivity contribution is 0.174. The van der Waals surface area contributed by atoms with Crippen molar-refractivity contribution < 1.29 is 9.84 Å². The van der Waals surface area contributed by atoms with Crippen molar-refractivity contribution in [3.8, 4) is 0 Å².